The van der Waals surface area contributed by atoms with E-state index in [-0.39, 0.29) is 0 Å². The molecule has 4 heteroatoms. The Kier molecular flexibility index (Phi) is 6.53. The molecule has 0 aromatic heterocycles. The van der Waals surface area contributed by atoms with Crippen LogP contribution in [-0.4, -0.2) is 38.3 Å². The van der Waals surface area contributed by atoms with Gasteiger partial charge >= 0.3 is 0 Å². The summed E-state index contributed by atoms with van der Waals surface area (Å²) in [5.41, 5.74) is 2.57. The molecular formula is C22H30N2O2. The molecule has 0 bridgehead atoms. The zero-order valence-corrected chi connectivity index (χ0v) is 16.1. The third kappa shape index (κ3) is 4.77. The lowest BCUT2D eigenvalue weighted by Gasteiger charge is -2.37. The number of hydrogen-bond acceptors (Lipinski definition) is 4. The van der Waals surface area contributed by atoms with Crippen molar-refractivity contribution in [3.05, 3.63) is 59.7 Å². The zero-order valence-electron chi connectivity index (χ0n) is 16.1. The number of benzene rings is 2. The fourth-order valence-corrected chi connectivity index (χ4v) is 3.76. The monoisotopic (exact) mass is 354 g/mol. The Morgan fingerprint density at radius 1 is 1.08 bits per heavy atom. The average molecular weight is 354 g/mol. The summed E-state index contributed by atoms with van der Waals surface area (Å²) >= 11 is 0. The van der Waals surface area contributed by atoms with E-state index in [9.17, 15) is 0 Å². The second-order valence-corrected chi connectivity index (χ2v) is 7.15. The van der Waals surface area contributed by atoms with E-state index in [2.05, 4.69) is 53.5 Å². The summed E-state index contributed by atoms with van der Waals surface area (Å²) in [5, 5.41) is 3.74. The molecule has 0 amide bonds. The summed E-state index contributed by atoms with van der Waals surface area (Å²) in [5.74, 6) is 2.33. The Labute approximate surface area is 157 Å². The number of nitrogens with zero attached hydrogens (tertiary/aromatic N) is 1. The summed E-state index contributed by atoms with van der Waals surface area (Å²) in [6.45, 7) is 6.48. The van der Waals surface area contributed by atoms with Crippen LogP contribution in [-0.2, 0) is 13.1 Å². The van der Waals surface area contributed by atoms with Crippen molar-refractivity contribution in [3.63, 3.8) is 0 Å². The predicted octanol–water partition coefficient (Wildman–Crippen LogP) is 3.70. The van der Waals surface area contributed by atoms with E-state index < -0.39 is 0 Å². The number of likely N-dealkylation sites (tertiary alicyclic amines) is 1. The van der Waals surface area contributed by atoms with Crippen molar-refractivity contribution < 1.29 is 9.47 Å². The van der Waals surface area contributed by atoms with Gasteiger partial charge in [-0.2, -0.15) is 0 Å². The number of methoxy groups -OCH3 is 2. The lowest BCUT2D eigenvalue weighted by atomic mass is 9.93. The van der Waals surface area contributed by atoms with Crippen molar-refractivity contribution in [2.24, 2.45) is 5.92 Å². The highest BCUT2D eigenvalue weighted by molar-refractivity contribution is 5.40. The van der Waals surface area contributed by atoms with Crippen LogP contribution in [0.5, 0.6) is 11.5 Å². The highest BCUT2D eigenvalue weighted by Crippen LogP contribution is 2.25. The van der Waals surface area contributed by atoms with Crippen molar-refractivity contribution in [3.8, 4) is 11.5 Å². The third-order valence-electron chi connectivity index (χ3n) is 5.29. The number of nitrogens with one attached hydrogen (secondary N) is 1. The van der Waals surface area contributed by atoms with Crippen LogP contribution in [0.2, 0.25) is 0 Å². The molecule has 3 rings (SSSR count). The number of rotatable bonds is 7. The second-order valence-electron chi connectivity index (χ2n) is 7.15. The Balaban J connectivity index is 1.52. The molecule has 0 saturated carbocycles. The van der Waals surface area contributed by atoms with Gasteiger partial charge in [0.15, 0.2) is 0 Å². The minimum absolute atomic E-state index is 0.536. The first-order valence-corrected chi connectivity index (χ1v) is 9.40. The lowest BCUT2D eigenvalue weighted by Crippen LogP contribution is -2.47. The smallest absolute Gasteiger partial charge is 0.127 e. The van der Waals surface area contributed by atoms with Gasteiger partial charge in [-0.25, -0.2) is 0 Å². The summed E-state index contributed by atoms with van der Waals surface area (Å²) in [4.78, 5) is 2.56. The van der Waals surface area contributed by atoms with Gasteiger partial charge in [0.1, 0.15) is 11.5 Å². The van der Waals surface area contributed by atoms with E-state index in [1.54, 1.807) is 14.2 Å². The lowest BCUT2D eigenvalue weighted by molar-refractivity contribution is 0.140. The number of ether oxygens (including phenoxy) is 2. The van der Waals surface area contributed by atoms with Crippen molar-refractivity contribution in [1.82, 2.24) is 10.2 Å². The summed E-state index contributed by atoms with van der Waals surface area (Å²) < 4.78 is 10.8. The Bertz CT molecular complexity index is 690. The first-order chi connectivity index (χ1) is 12.7. The molecule has 4 nitrogen and oxygen atoms in total. The van der Waals surface area contributed by atoms with Crippen molar-refractivity contribution in [1.29, 1.82) is 0 Å². The summed E-state index contributed by atoms with van der Waals surface area (Å²) in [6, 6.07) is 17.3. The van der Waals surface area contributed by atoms with Crippen molar-refractivity contribution in [2.75, 3.05) is 27.3 Å². The number of hydrogen-bond donors (Lipinski definition) is 1. The molecule has 1 aliphatic heterocycles. The molecule has 2 unspecified atom stereocenters. The standard InChI is InChI=1S/C22H30N2O2/c1-17-15-24(16-18-7-5-4-6-8-18)12-11-21(17)23-14-19-9-10-20(25-2)13-22(19)26-3/h4-10,13,17,21,23H,11-12,14-16H2,1-3H3. The van der Waals surface area contributed by atoms with Crippen molar-refractivity contribution >= 4 is 0 Å². The van der Waals surface area contributed by atoms with Gasteiger partial charge in [-0.1, -0.05) is 43.3 Å². The Morgan fingerprint density at radius 3 is 2.58 bits per heavy atom. The Morgan fingerprint density at radius 2 is 1.88 bits per heavy atom. The number of piperidine rings is 1. The molecule has 140 valence electrons. The van der Waals surface area contributed by atoms with Gasteiger partial charge in [0.2, 0.25) is 0 Å². The molecule has 0 radical (unpaired) electrons. The second kappa shape index (κ2) is 9.06. The van der Waals surface area contributed by atoms with Gasteiger partial charge in [0.25, 0.3) is 0 Å². The molecular weight excluding hydrogens is 324 g/mol. The van der Waals surface area contributed by atoms with E-state index >= 15 is 0 Å². The molecule has 2 aromatic carbocycles. The van der Waals surface area contributed by atoms with E-state index in [1.807, 2.05) is 12.1 Å². The largest absolute Gasteiger partial charge is 0.497 e. The van der Waals surface area contributed by atoms with Crippen LogP contribution in [0.4, 0.5) is 0 Å². The Hall–Kier alpha value is -2.04. The van der Waals surface area contributed by atoms with E-state index in [1.165, 1.54) is 17.5 Å². The van der Waals surface area contributed by atoms with Gasteiger partial charge in [-0.15, -0.1) is 0 Å². The van der Waals surface area contributed by atoms with Gasteiger partial charge in [0.05, 0.1) is 14.2 Å². The summed E-state index contributed by atoms with van der Waals surface area (Å²) in [7, 11) is 3.39. The van der Waals surface area contributed by atoms with Crippen LogP contribution in [0, 0.1) is 5.92 Å². The van der Waals surface area contributed by atoms with Crippen LogP contribution < -0.4 is 14.8 Å². The highest BCUT2D eigenvalue weighted by atomic mass is 16.5. The predicted molar refractivity (Wildman–Crippen MR) is 106 cm³/mol. The molecule has 1 heterocycles. The van der Waals surface area contributed by atoms with Crippen LogP contribution in [0.1, 0.15) is 24.5 Å². The fourth-order valence-electron chi connectivity index (χ4n) is 3.76. The third-order valence-corrected chi connectivity index (χ3v) is 5.29. The molecule has 1 N–H and O–H groups in total. The van der Waals surface area contributed by atoms with Gasteiger partial charge in [-0.05, 0) is 30.5 Å². The van der Waals surface area contributed by atoms with Crippen molar-refractivity contribution in [2.45, 2.75) is 32.5 Å². The molecule has 1 fully saturated rings. The van der Waals surface area contributed by atoms with Crippen LogP contribution in [0.15, 0.2) is 48.5 Å². The van der Waals surface area contributed by atoms with E-state index in [4.69, 9.17) is 9.47 Å². The SMILES string of the molecule is COc1ccc(CNC2CCN(Cc3ccccc3)CC2C)c(OC)c1. The first kappa shape index (κ1) is 18.7. The molecule has 0 aliphatic carbocycles. The topological polar surface area (TPSA) is 33.7 Å². The minimum atomic E-state index is 0.536. The highest BCUT2D eigenvalue weighted by Gasteiger charge is 2.25. The molecule has 1 aliphatic rings. The minimum Gasteiger partial charge on any atom is -0.497 e. The molecule has 2 atom stereocenters. The normalized spacial score (nSPS) is 20.7. The maximum absolute atomic E-state index is 5.51. The molecule has 26 heavy (non-hydrogen) atoms. The van der Waals surface area contributed by atoms with Gasteiger partial charge < -0.3 is 14.8 Å². The molecule has 1 saturated heterocycles. The maximum atomic E-state index is 5.51. The van der Waals surface area contributed by atoms with Crippen LogP contribution in [0.25, 0.3) is 0 Å². The van der Waals surface area contributed by atoms with E-state index in [0.29, 0.717) is 12.0 Å². The van der Waals surface area contributed by atoms with Crippen LogP contribution in [0.3, 0.4) is 0 Å². The van der Waals surface area contributed by atoms with Gasteiger partial charge in [0, 0.05) is 37.3 Å². The first-order valence-electron chi connectivity index (χ1n) is 9.40. The van der Waals surface area contributed by atoms with Crippen LogP contribution >= 0.6 is 0 Å². The molecule has 0 spiro atoms. The maximum Gasteiger partial charge on any atom is 0.127 e. The quantitative estimate of drug-likeness (QED) is 0.822. The fraction of sp³-hybridized carbons (Fsp3) is 0.455. The molecule has 2 aromatic rings. The average Bonchev–Trinajstić information content (AvgIpc) is 2.68. The summed E-state index contributed by atoms with van der Waals surface area (Å²) in [6.07, 6.45) is 1.17. The van der Waals surface area contributed by atoms with E-state index in [0.717, 1.165) is 37.7 Å². The van der Waals surface area contributed by atoms with Gasteiger partial charge in [-0.3, -0.25) is 4.90 Å². The zero-order chi connectivity index (χ0) is 18.4.